The van der Waals surface area contributed by atoms with E-state index < -0.39 is 9.84 Å². The van der Waals surface area contributed by atoms with Crippen LogP contribution in [0.5, 0.6) is 0 Å². The second-order valence-electron chi connectivity index (χ2n) is 5.93. The Morgan fingerprint density at radius 3 is 2.48 bits per heavy atom. The van der Waals surface area contributed by atoms with Crippen LogP contribution in [0, 0.1) is 0 Å². The third-order valence-electron chi connectivity index (χ3n) is 3.96. The zero-order chi connectivity index (χ0) is 19.3. The SMILES string of the molecule is O=C(CCS(=O)(=O)c1ccc(Cl)cc1)N(Cc1ccco1)Cc1cccs1. The number of thiophene rings is 1. The average molecular weight is 424 g/mol. The lowest BCUT2D eigenvalue weighted by molar-refractivity contribution is -0.132. The van der Waals surface area contributed by atoms with E-state index in [9.17, 15) is 13.2 Å². The molecule has 2 heterocycles. The number of amides is 1. The van der Waals surface area contributed by atoms with E-state index in [4.69, 9.17) is 16.0 Å². The minimum atomic E-state index is -3.56. The van der Waals surface area contributed by atoms with Gasteiger partial charge < -0.3 is 9.32 Å². The fraction of sp³-hybridized carbons (Fsp3) is 0.211. The van der Waals surface area contributed by atoms with Crippen LogP contribution in [0.1, 0.15) is 17.1 Å². The quantitative estimate of drug-likeness (QED) is 0.539. The minimum Gasteiger partial charge on any atom is -0.467 e. The standard InChI is InChI=1S/C19H18ClNO4S2/c20-15-5-7-18(8-6-15)27(23,24)12-9-19(22)21(13-16-3-1-10-25-16)14-17-4-2-11-26-17/h1-8,10-11H,9,12-14H2. The number of carbonyl (C=O) groups excluding carboxylic acids is 1. The van der Waals surface area contributed by atoms with Crippen molar-refractivity contribution in [3.63, 3.8) is 0 Å². The molecule has 0 saturated heterocycles. The first-order valence-electron chi connectivity index (χ1n) is 8.25. The van der Waals surface area contributed by atoms with Crippen LogP contribution in [0.3, 0.4) is 0 Å². The summed E-state index contributed by atoms with van der Waals surface area (Å²) in [6.07, 6.45) is 1.45. The highest BCUT2D eigenvalue weighted by Crippen LogP contribution is 2.19. The van der Waals surface area contributed by atoms with Crippen molar-refractivity contribution < 1.29 is 17.6 Å². The number of sulfone groups is 1. The molecule has 0 aliphatic rings. The largest absolute Gasteiger partial charge is 0.467 e. The van der Waals surface area contributed by atoms with Gasteiger partial charge in [-0.3, -0.25) is 4.79 Å². The molecule has 142 valence electrons. The Balaban J connectivity index is 1.68. The molecule has 0 N–H and O–H groups in total. The summed E-state index contributed by atoms with van der Waals surface area (Å²) in [5.74, 6) is 0.157. The van der Waals surface area contributed by atoms with Gasteiger partial charge >= 0.3 is 0 Å². The predicted octanol–water partition coefficient (Wildman–Crippen LogP) is 4.39. The van der Waals surface area contributed by atoms with Crippen molar-refractivity contribution in [3.8, 4) is 0 Å². The fourth-order valence-corrected chi connectivity index (χ4v) is 4.63. The summed E-state index contributed by atoms with van der Waals surface area (Å²) < 4.78 is 30.3. The molecular formula is C19H18ClNO4S2. The molecule has 0 fully saturated rings. The fourth-order valence-electron chi connectivity index (χ4n) is 2.55. The van der Waals surface area contributed by atoms with E-state index >= 15 is 0 Å². The zero-order valence-electron chi connectivity index (χ0n) is 14.4. The van der Waals surface area contributed by atoms with E-state index in [0.717, 1.165) is 4.88 Å². The van der Waals surface area contributed by atoms with Gasteiger partial charge in [0.25, 0.3) is 0 Å². The number of nitrogens with zero attached hydrogens (tertiary/aromatic N) is 1. The van der Waals surface area contributed by atoms with E-state index in [1.54, 1.807) is 34.6 Å². The Bertz CT molecular complexity index is 929. The Hall–Kier alpha value is -2.09. The highest BCUT2D eigenvalue weighted by Gasteiger charge is 2.21. The van der Waals surface area contributed by atoms with Gasteiger partial charge in [-0.2, -0.15) is 0 Å². The topological polar surface area (TPSA) is 67.6 Å². The lowest BCUT2D eigenvalue weighted by atomic mass is 10.3. The van der Waals surface area contributed by atoms with Gasteiger partial charge in [-0.15, -0.1) is 11.3 Å². The Morgan fingerprint density at radius 2 is 1.85 bits per heavy atom. The van der Waals surface area contributed by atoms with Crippen LogP contribution in [0.15, 0.2) is 69.5 Å². The first-order chi connectivity index (χ1) is 12.9. The molecule has 3 rings (SSSR count). The van der Waals surface area contributed by atoms with E-state index in [-0.39, 0.29) is 23.0 Å². The molecule has 0 unspecified atom stereocenters. The lowest BCUT2D eigenvalue weighted by Gasteiger charge is -2.21. The maximum absolute atomic E-state index is 12.7. The minimum absolute atomic E-state index is 0.100. The molecule has 2 aromatic heterocycles. The molecule has 0 aliphatic heterocycles. The third kappa shape index (κ3) is 5.45. The number of hydrogen-bond acceptors (Lipinski definition) is 5. The van der Waals surface area contributed by atoms with Crippen LogP contribution in [0.4, 0.5) is 0 Å². The van der Waals surface area contributed by atoms with Gasteiger partial charge in [0.1, 0.15) is 5.76 Å². The van der Waals surface area contributed by atoms with Gasteiger partial charge in [0.05, 0.1) is 30.0 Å². The van der Waals surface area contributed by atoms with Crippen molar-refractivity contribution in [2.45, 2.75) is 24.4 Å². The van der Waals surface area contributed by atoms with Crippen molar-refractivity contribution in [1.82, 2.24) is 4.90 Å². The molecule has 0 radical (unpaired) electrons. The second-order valence-corrected chi connectivity index (χ2v) is 9.51. The van der Waals surface area contributed by atoms with Crippen molar-refractivity contribution in [2.24, 2.45) is 0 Å². The lowest BCUT2D eigenvalue weighted by Crippen LogP contribution is -2.31. The highest BCUT2D eigenvalue weighted by molar-refractivity contribution is 7.91. The zero-order valence-corrected chi connectivity index (χ0v) is 16.8. The van der Waals surface area contributed by atoms with Crippen LogP contribution in [-0.4, -0.2) is 25.0 Å². The van der Waals surface area contributed by atoms with Crippen molar-refractivity contribution >= 4 is 38.7 Å². The molecule has 1 amide bonds. The first-order valence-corrected chi connectivity index (χ1v) is 11.2. The summed E-state index contributed by atoms with van der Waals surface area (Å²) >= 11 is 7.35. The number of carbonyl (C=O) groups is 1. The van der Waals surface area contributed by atoms with Gasteiger partial charge in [0.15, 0.2) is 9.84 Å². The number of benzene rings is 1. The molecule has 0 atom stereocenters. The highest BCUT2D eigenvalue weighted by atomic mass is 35.5. The molecule has 0 saturated carbocycles. The van der Waals surface area contributed by atoms with Crippen LogP contribution in [-0.2, 0) is 27.7 Å². The van der Waals surface area contributed by atoms with Gasteiger partial charge in [-0.05, 0) is 47.8 Å². The van der Waals surface area contributed by atoms with Crippen LogP contribution >= 0.6 is 22.9 Å². The summed E-state index contributed by atoms with van der Waals surface area (Å²) in [6, 6.07) is 13.4. The molecule has 1 aromatic carbocycles. The first kappa shape index (κ1) is 19.7. The summed E-state index contributed by atoms with van der Waals surface area (Å²) in [5.41, 5.74) is 0. The Kier molecular flexibility index (Phi) is 6.36. The Labute approximate surface area is 167 Å². The number of furan rings is 1. The summed E-state index contributed by atoms with van der Waals surface area (Å²) in [4.78, 5) is 15.5. The van der Waals surface area contributed by atoms with Gasteiger partial charge in [0.2, 0.25) is 5.91 Å². The second kappa shape index (κ2) is 8.73. The predicted molar refractivity (Wildman–Crippen MR) is 105 cm³/mol. The number of halogens is 1. The molecule has 5 nitrogen and oxygen atoms in total. The van der Waals surface area contributed by atoms with Gasteiger partial charge in [-0.1, -0.05) is 17.7 Å². The molecule has 8 heteroatoms. The van der Waals surface area contributed by atoms with E-state index in [1.807, 2.05) is 17.5 Å². The molecule has 0 bridgehead atoms. The van der Waals surface area contributed by atoms with Gasteiger partial charge in [-0.25, -0.2) is 8.42 Å². The average Bonchev–Trinajstić information content (AvgIpc) is 3.34. The smallest absolute Gasteiger partial charge is 0.224 e. The maximum atomic E-state index is 12.7. The number of hydrogen-bond donors (Lipinski definition) is 0. The van der Waals surface area contributed by atoms with E-state index in [2.05, 4.69) is 0 Å². The maximum Gasteiger partial charge on any atom is 0.224 e. The van der Waals surface area contributed by atoms with Crippen molar-refractivity contribution in [3.05, 3.63) is 75.8 Å². The normalized spacial score (nSPS) is 11.4. The molecule has 27 heavy (non-hydrogen) atoms. The van der Waals surface area contributed by atoms with Crippen molar-refractivity contribution in [1.29, 1.82) is 0 Å². The summed E-state index contributed by atoms with van der Waals surface area (Å²) in [6.45, 7) is 0.711. The summed E-state index contributed by atoms with van der Waals surface area (Å²) in [5, 5.41) is 2.40. The summed E-state index contributed by atoms with van der Waals surface area (Å²) in [7, 11) is -3.56. The van der Waals surface area contributed by atoms with Crippen LogP contribution in [0.2, 0.25) is 5.02 Å². The van der Waals surface area contributed by atoms with Crippen molar-refractivity contribution in [2.75, 3.05) is 5.75 Å². The van der Waals surface area contributed by atoms with E-state index in [0.29, 0.717) is 23.9 Å². The molecule has 0 aliphatic carbocycles. The van der Waals surface area contributed by atoms with Crippen LogP contribution < -0.4 is 0 Å². The number of rotatable bonds is 8. The molecule has 3 aromatic rings. The molecule has 0 spiro atoms. The van der Waals surface area contributed by atoms with Gasteiger partial charge in [0, 0.05) is 16.3 Å². The Morgan fingerprint density at radius 1 is 1.07 bits per heavy atom. The van der Waals surface area contributed by atoms with E-state index in [1.165, 1.54) is 24.3 Å². The molecular weight excluding hydrogens is 406 g/mol. The third-order valence-corrected chi connectivity index (χ3v) is 6.81. The van der Waals surface area contributed by atoms with Crippen LogP contribution in [0.25, 0.3) is 0 Å². The monoisotopic (exact) mass is 423 g/mol.